The number of aliphatic hydroxyl groups is 1. The van der Waals surface area contributed by atoms with Crippen LogP contribution in [0.4, 0.5) is 0 Å². The van der Waals surface area contributed by atoms with Crippen LogP contribution in [0.2, 0.25) is 0 Å². The number of unbranched alkanes of at least 4 members (excludes halogenated alkanes) is 1. The molecular weight excluding hydrogens is 250 g/mol. The molecule has 0 aliphatic rings. The Bertz CT molecular complexity index is 408. The van der Waals surface area contributed by atoms with Gasteiger partial charge < -0.3 is 15.6 Å². The Kier molecular flexibility index (Phi) is 6.03. The average Bonchev–Trinajstić information content (AvgIpc) is 2.37. The SMILES string of the molecule is CC(N)(CO)CCCCOc1ccccc1C(C)(C)C. The van der Waals surface area contributed by atoms with Gasteiger partial charge in [-0.15, -0.1) is 0 Å². The van der Waals surface area contributed by atoms with Crippen molar-refractivity contribution in [3.63, 3.8) is 0 Å². The summed E-state index contributed by atoms with van der Waals surface area (Å²) in [4.78, 5) is 0. The molecule has 0 aromatic heterocycles. The van der Waals surface area contributed by atoms with Crippen molar-refractivity contribution in [3.8, 4) is 5.75 Å². The van der Waals surface area contributed by atoms with Crippen molar-refractivity contribution in [2.45, 2.75) is 57.9 Å². The first-order valence-electron chi connectivity index (χ1n) is 7.38. The van der Waals surface area contributed by atoms with Crippen LogP contribution in [0, 0.1) is 0 Å². The maximum absolute atomic E-state index is 9.10. The lowest BCUT2D eigenvalue weighted by atomic mass is 9.86. The van der Waals surface area contributed by atoms with Gasteiger partial charge >= 0.3 is 0 Å². The Hall–Kier alpha value is -1.06. The molecule has 0 saturated carbocycles. The lowest BCUT2D eigenvalue weighted by Crippen LogP contribution is -2.39. The smallest absolute Gasteiger partial charge is 0.123 e. The van der Waals surface area contributed by atoms with Crippen molar-refractivity contribution in [2.24, 2.45) is 5.73 Å². The summed E-state index contributed by atoms with van der Waals surface area (Å²) in [5.74, 6) is 0.970. The van der Waals surface area contributed by atoms with E-state index in [-0.39, 0.29) is 12.0 Å². The number of aliphatic hydroxyl groups excluding tert-OH is 1. The normalized spacial score (nSPS) is 14.9. The van der Waals surface area contributed by atoms with Crippen LogP contribution in [-0.2, 0) is 5.41 Å². The summed E-state index contributed by atoms with van der Waals surface area (Å²) >= 11 is 0. The molecule has 0 fully saturated rings. The topological polar surface area (TPSA) is 55.5 Å². The second-order valence-corrected chi connectivity index (χ2v) is 6.86. The van der Waals surface area contributed by atoms with Gasteiger partial charge in [-0.2, -0.15) is 0 Å². The maximum Gasteiger partial charge on any atom is 0.123 e. The first-order valence-corrected chi connectivity index (χ1v) is 7.38. The molecule has 0 saturated heterocycles. The predicted octanol–water partition coefficient (Wildman–Crippen LogP) is 3.24. The number of hydrogen-bond acceptors (Lipinski definition) is 3. The van der Waals surface area contributed by atoms with Gasteiger partial charge in [0.05, 0.1) is 13.2 Å². The first-order chi connectivity index (χ1) is 9.26. The highest BCUT2D eigenvalue weighted by atomic mass is 16.5. The van der Waals surface area contributed by atoms with E-state index in [4.69, 9.17) is 15.6 Å². The van der Waals surface area contributed by atoms with Gasteiger partial charge in [0.2, 0.25) is 0 Å². The van der Waals surface area contributed by atoms with Gasteiger partial charge in [-0.3, -0.25) is 0 Å². The van der Waals surface area contributed by atoms with Crippen molar-refractivity contribution in [1.82, 2.24) is 0 Å². The zero-order chi connectivity index (χ0) is 15.2. The van der Waals surface area contributed by atoms with Crippen LogP contribution in [-0.4, -0.2) is 23.9 Å². The number of nitrogens with two attached hydrogens (primary N) is 1. The van der Waals surface area contributed by atoms with Crippen LogP contribution >= 0.6 is 0 Å². The van der Waals surface area contributed by atoms with E-state index in [2.05, 4.69) is 32.9 Å². The van der Waals surface area contributed by atoms with E-state index in [1.807, 2.05) is 19.1 Å². The van der Waals surface area contributed by atoms with E-state index in [9.17, 15) is 0 Å². The molecule has 3 nitrogen and oxygen atoms in total. The van der Waals surface area contributed by atoms with Gasteiger partial charge in [-0.05, 0) is 43.2 Å². The Morgan fingerprint density at radius 3 is 2.35 bits per heavy atom. The molecule has 1 aromatic rings. The van der Waals surface area contributed by atoms with E-state index < -0.39 is 5.54 Å². The van der Waals surface area contributed by atoms with Crippen molar-refractivity contribution in [3.05, 3.63) is 29.8 Å². The summed E-state index contributed by atoms with van der Waals surface area (Å²) in [5.41, 5.74) is 6.75. The van der Waals surface area contributed by atoms with Crippen LogP contribution < -0.4 is 10.5 Å². The molecule has 0 spiro atoms. The number of ether oxygens (including phenoxy) is 1. The minimum atomic E-state index is -0.469. The minimum Gasteiger partial charge on any atom is -0.493 e. The molecule has 3 heteroatoms. The average molecular weight is 279 g/mol. The Balaban J connectivity index is 2.44. The third kappa shape index (κ3) is 5.51. The van der Waals surface area contributed by atoms with E-state index in [0.29, 0.717) is 6.61 Å². The van der Waals surface area contributed by atoms with Gasteiger partial charge in [0, 0.05) is 5.54 Å². The van der Waals surface area contributed by atoms with Crippen LogP contribution in [0.1, 0.15) is 52.5 Å². The third-order valence-corrected chi connectivity index (χ3v) is 3.46. The lowest BCUT2D eigenvalue weighted by Gasteiger charge is -2.23. The summed E-state index contributed by atoms with van der Waals surface area (Å²) < 4.78 is 5.91. The zero-order valence-corrected chi connectivity index (χ0v) is 13.3. The van der Waals surface area contributed by atoms with Crippen molar-refractivity contribution < 1.29 is 9.84 Å². The molecule has 0 radical (unpaired) electrons. The van der Waals surface area contributed by atoms with E-state index >= 15 is 0 Å². The second-order valence-electron chi connectivity index (χ2n) is 6.86. The Morgan fingerprint density at radius 2 is 1.75 bits per heavy atom. The van der Waals surface area contributed by atoms with Crippen LogP contribution in [0.3, 0.4) is 0 Å². The fourth-order valence-corrected chi connectivity index (χ4v) is 2.10. The number of rotatable bonds is 7. The number of benzene rings is 1. The Labute approximate surface area is 123 Å². The van der Waals surface area contributed by atoms with Gasteiger partial charge in [-0.25, -0.2) is 0 Å². The summed E-state index contributed by atoms with van der Waals surface area (Å²) in [6.45, 7) is 9.17. The standard InChI is InChI=1S/C17H29NO2/c1-16(2,3)14-9-5-6-10-15(14)20-12-8-7-11-17(4,18)13-19/h5-6,9-10,19H,7-8,11-13,18H2,1-4H3. The highest BCUT2D eigenvalue weighted by molar-refractivity contribution is 5.38. The molecule has 0 amide bonds. The Morgan fingerprint density at radius 1 is 1.10 bits per heavy atom. The van der Waals surface area contributed by atoms with Crippen molar-refractivity contribution in [2.75, 3.05) is 13.2 Å². The summed E-state index contributed by atoms with van der Waals surface area (Å²) in [7, 11) is 0. The van der Waals surface area contributed by atoms with Gasteiger partial charge in [0.25, 0.3) is 0 Å². The van der Waals surface area contributed by atoms with Crippen LogP contribution in [0.15, 0.2) is 24.3 Å². The highest BCUT2D eigenvalue weighted by Gasteiger charge is 2.18. The number of para-hydroxylation sites is 1. The maximum atomic E-state index is 9.10. The molecule has 0 bridgehead atoms. The van der Waals surface area contributed by atoms with Crippen LogP contribution in [0.5, 0.6) is 5.75 Å². The van der Waals surface area contributed by atoms with E-state index in [1.165, 1.54) is 5.56 Å². The quantitative estimate of drug-likeness (QED) is 0.753. The molecule has 0 aliphatic carbocycles. The lowest BCUT2D eigenvalue weighted by molar-refractivity contribution is 0.194. The summed E-state index contributed by atoms with van der Waals surface area (Å²) in [6.07, 6.45) is 2.73. The van der Waals surface area contributed by atoms with Gasteiger partial charge in [0.1, 0.15) is 5.75 Å². The predicted molar refractivity (Wildman–Crippen MR) is 84.2 cm³/mol. The molecule has 20 heavy (non-hydrogen) atoms. The minimum absolute atomic E-state index is 0.0285. The van der Waals surface area contributed by atoms with E-state index in [0.717, 1.165) is 25.0 Å². The van der Waals surface area contributed by atoms with E-state index in [1.54, 1.807) is 0 Å². The van der Waals surface area contributed by atoms with Crippen molar-refractivity contribution >= 4 is 0 Å². The number of hydrogen-bond donors (Lipinski definition) is 2. The highest BCUT2D eigenvalue weighted by Crippen LogP contribution is 2.31. The van der Waals surface area contributed by atoms with Crippen LogP contribution in [0.25, 0.3) is 0 Å². The second kappa shape index (κ2) is 7.09. The molecule has 1 unspecified atom stereocenters. The fourth-order valence-electron chi connectivity index (χ4n) is 2.10. The summed E-state index contributed by atoms with van der Waals surface area (Å²) in [5, 5.41) is 9.10. The molecule has 0 aliphatic heterocycles. The third-order valence-electron chi connectivity index (χ3n) is 3.46. The molecule has 1 atom stereocenters. The molecule has 3 N–H and O–H groups in total. The zero-order valence-electron chi connectivity index (χ0n) is 13.3. The molecule has 1 aromatic carbocycles. The molecule has 1 rings (SSSR count). The molecule has 0 heterocycles. The van der Waals surface area contributed by atoms with Crippen molar-refractivity contribution in [1.29, 1.82) is 0 Å². The largest absolute Gasteiger partial charge is 0.493 e. The fraction of sp³-hybridized carbons (Fsp3) is 0.647. The molecule has 114 valence electrons. The summed E-state index contributed by atoms with van der Waals surface area (Å²) in [6, 6.07) is 8.21. The van der Waals surface area contributed by atoms with Gasteiger partial charge in [-0.1, -0.05) is 39.0 Å². The first kappa shape index (κ1) is 17.0. The van der Waals surface area contributed by atoms with Gasteiger partial charge in [0.15, 0.2) is 0 Å². The molecular formula is C17H29NO2. The monoisotopic (exact) mass is 279 g/mol.